The highest BCUT2D eigenvalue weighted by Crippen LogP contribution is 2.37. The Hall–Kier alpha value is -2.88. The topological polar surface area (TPSA) is 33.4 Å². The second-order valence-corrected chi connectivity index (χ2v) is 5.55. The van der Waals surface area contributed by atoms with Gasteiger partial charge in [-0.3, -0.25) is 0 Å². The number of hydrogen-bond acceptors (Lipinski definition) is 2. The van der Waals surface area contributed by atoms with Crippen molar-refractivity contribution in [1.29, 1.82) is 0 Å². The van der Waals surface area contributed by atoms with Gasteiger partial charge in [0.15, 0.2) is 22.7 Å². The monoisotopic (exact) mass is 310 g/mol. The molecule has 23 heavy (non-hydrogen) atoms. The van der Waals surface area contributed by atoms with E-state index in [0.29, 0.717) is 16.3 Å². The van der Waals surface area contributed by atoms with Crippen LogP contribution in [0.1, 0.15) is 5.56 Å². The normalized spacial score (nSPS) is 11.4. The van der Waals surface area contributed by atoms with E-state index < -0.39 is 17.4 Å². The van der Waals surface area contributed by atoms with Crippen molar-refractivity contribution in [2.45, 2.75) is 6.92 Å². The summed E-state index contributed by atoms with van der Waals surface area (Å²) in [5.74, 6) is -1.94. The van der Waals surface area contributed by atoms with Gasteiger partial charge in [-0.05, 0) is 30.7 Å². The summed E-state index contributed by atoms with van der Waals surface area (Å²) >= 11 is 0. The molecule has 1 heterocycles. The van der Waals surface area contributed by atoms with Gasteiger partial charge in [0.1, 0.15) is 0 Å². The van der Waals surface area contributed by atoms with Crippen LogP contribution < -0.4 is 0 Å². The lowest BCUT2D eigenvalue weighted by atomic mass is 10.0. The largest absolute Gasteiger partial charge is 0.505 e. The molecule has 0 unspecified atom stereocenters. The zero-order valence-corrected chi connectivity index (χ0v) is 12.2. The van der Waals surface area contributed by atoms with Gasteiger partial charge < -0.3 is 9.52 Å². The molecule has 0 aliphatic rings. The van der Waals surface area contributed by atoms with E-state index in [-0.39, 0.29) is 11.2 Å². The lowest BCUT2D eigenvalue weighted by Crippen LogP contribution is -1.85. The Morgan fingerprint density at radius 2 is 1.39 bits per heavy atom. The van der Waals surface area contributed by atoms with Gasteiger partial charge in [-0.15, -0.1) is 0 Å². The number of aromatic hydroxyl groups is 1. The molecule has 4 aromatic rings. The van der Waals surface area contributed by atoms with Gasteiger partial charge in [0.2, 0.25) is 5.82 Å². The average Bonchev–Trinajstić information content (AvgIpc) is 2.93. The maximum atomic E-state index is 14.8. The molecule has 114 valence electrons. The fourth-order valence-electron chi connectivity index (χ4n) is 2.78. The van der Waals surface area contributed by atoms with Crippen LogP contribution in [0.2, 0.25) is 0 Å². The Morgan fingerprint density at radius 3 is 2.09 bits per heavy atom. The minimum Gasteiger partial charge on any atom is -0.505 e. The van der Waals surface area contributed by atoms with Crippen LogP contribution in [0.15, 0.2) is 52.9 Å². The lowest BCUT2D eigenvalue weighted by molar-refractivity contribution is 0.430. The molecule has 2 nitrogen and oxygen atoms in total. The molecule has 3 aromatic carbocycles. The van der Waals surface area contributed by atoms with Crippen LogP contribution in [0.25, 0.3) is 33.1 Å². The molecule has 4 rings (SSSR count). The van der Waals surface area contributed by atoms with Crippen LogP contribution >= 0.6 is 0 Å². The van der Waals surface area contributed by atoms with Crippen LogP contribution in [-0.4, -0.2) is 5.11 Å². The highest BCUT2D eigenvalue weighted by atomic mass is 19.1. The summed E-state index contributed by atoms with van der Waals surface area (Å²) in [6.07, 6.45) is 0. The summed E-state index contributed by atoms with van der Waals surface area (Å²) in [6.45, 7) is 1.96. The maximum Gasteiger partial charge on any atom is 0.207 e. The van der Waals surface area contributed by atoms with Gasteiger partial charge in [-0.1, -0.05) is 35.9 Å². The van der Waals surface area contributed by atoms with Crippen LogP contribution in [0.5, 0.6) is 5.75 Å². The minimum absolute atomic E-state index is 0.0115. The molecule has 0 radical (unpaired) electrons. The highest BCUT2D eigenvalue weighted by Gasteiger charge is 2.19. The average molecular weight is 310 g/mol. The number of fused-ring (bicyclic) bond motifs is 3. The Balaban J connectivity index is 2.03. The molecule has 0 aliphatic carbocycles. The molecule has 1 N–H and O–H groups in total. The summed E-state index contributed by atoms with van der Waals surface area (Å²) in [6, 6.07) is 13.6. The van der Waals surface area contributed by atoms with Gasteiger partial charge in [-0.2, -0.15) is 4.39 Å². The van der Waals surface area contributed by atoms with Crippen molar-refractivity contribution in [3.63, 3.8) is 0 Å². The molecule has 4 heteroatoms. The Kier molecular flexibility index (Phi) is 2.88. The summed E-state index contributed by atoms with van der Waals surface area (Å²) in [7, 11) is 0. The van der Waals surface area contributed by atoms with Crippen LogP contribution in [0.4, 0.5) is 8.78 Å². The van der Waals surface area contributed by atoms with Crippen molar-refractivity contribution < 1.29 is 18.3 Å². The second-order valence-electron chi connectivity index (χ2n) is 5.55. The van der Waals surface area contributed by atoms with E-state index in [1.54, 1.807) is 12.1 Å². The standard InChI is InChI=1S/C19H12F2O2/c1-10-2-4-11(5-3-10)12-6-7-13-14-8-9-15(22)17(21)19(14)23-18(13)16(12)20/h2-9,22H,1H3. The predicted molar refractivity (Wildman–Crippen MR) is 85.5 cm³/mol. The number of benzene rings is 3. The van der Waals surface area contributed by atoms with Gasteiger partial charge in [0.25, 0.3) is 0 Å². The minimum atomic E-state index is -0.880. The van der Waals surface area contributed by atoms with E-state index >= 15 is 0 Å². The molecule has 0 fully saturated rings. The summed E-state index contributed by atoms with van der Waals surface area (Å²) < 4.78 is 34.2. The van der Waals surface area contributed by atoms with Gasteiger partial charge in [0.05, 0.1) is 0 Å². The van der Waals surface area contributed by atoms with Crippen molar-refractivity contribution >= 4 is 21.9 Å². The van der Waals surface area contributed by atoms with E-state index in [2.05, 4.69) is 0 Å². The number of phenolic OH excluding ortho intramolecular Hbond substituents is 1. The van der Waals surface area contributed by atoms with E-state index in [4.69, 9.17) is 4.42 Å². The molecular weight excluding hydrogens is 298 g/mol. The zero-order valence-electron chi connectivity index (χ0n) is 12.2. The third kappa shape index (κ3) is 1.99. The third-order valence-electron chi connectivity index (χ3n) is 4.03. The molecule has 0 amide bonds. The molecule has 0 aliphatic heterocycles. The fraction of sp³-hybridized carbons (Fsp3) is 0.0526. The number of furan rings is 1. The third-order valence-corrected chi connectivity index (χ3v) is 4.03. The Labute approximate surface area is 130 Å². The molecule has 0 bridgehead atoms. The van der Waals surface area contributed by atoms with Crippen LogP contribution in [0, 0.1) is 18.6 Å². The number of phenols is 1. The van der Waals surface area contributed by atoms with Gasteiger partial charge >= 0.3 is 0 Å². The highest BCUT2D eigenvalue weighted by molar-refractivity contribution is 6.06. The van der Waals surface area contributed by atoms with Gasteiger partial charge in [0, 0.05) is 16.3 Å². The molecule has 0 saturated heterocycles. The van der Waals surface area contributed by atoms with Crippen LogP contribution in [-0.2, 0) is 0 Å². The van der Waals surface area contributed by atoms with Crippen molar-refractivity contribution in [3.8, 4) is 16.9 Å². The SMILES string of the molecule is Cc1ccc(-c2ccc3c(oc4c(F)c(O)ccc43)c2F)cc1. The number of aryl methyl sites for hydroxylation is 1. The van der Waals surface area contributed by atoms with Gasteiger partial charge in [-0.25, -0.2) is 4.39 Å². The summed E-state index contributed by atoms with van der Waals surface area (Å²) in [4.78, 5) is 0. The Bertz CT molecular complexity index is 1050. The molecule has 0 spiro atoms. The van der Waals surface area contributed by atoms with Crippen molar-refractivity contribution in [2.24, 2.45) is 0 Å². The fourth-order valence-corrected chi connectivity index (χ4v) is 2.78. The number of rotatable bonds is 1. The number of hydrogen-bond donors (Lipinski definition) is 1. The predicted octanol–water partition coefficient (Wildman–Crippen LogP) is 5.55. The second kappa shape index (κ2) is 4.81. The van der Waals surface area contributed by atoms with Crippen LogP contribution in [0.3, 0.4) is 0 Å². The molecular formula is C19H12F2O2. The molecule has 0 saturated carbocycles. The zero-order chi connectivity index (χ0) is 16.1. The summed E-state index contributed by atoms with van der Waals surface area (Å²) in [5, 5.41) is 10.4. The van der Waals surface area contributed by atoms with Crippen molar-refractivity contribution in [2.75, 3.05) is 0 Å². The van der Waals surface area contributed by atoms with Crippen molar-refractivity contribution in [1.82, 2.24) is 0 Å². The van der Waals surface area contributed by atoms with E-state index in [1.807, 2.05) is 31.2 Å². The number of halogens is 2. The lowest BCUT2D eigenvalue weighted by Gasteiger charge is -2.04. The first-order valence-electron chi connectivity index (χ1n) is 7.15. The Morgan fingerprint density at radius 1 is 0.783 bits per heavy atom. The van der Waals surface area contributed by atoms with E-state index in [9.17, 15) is 13.9 Å². The van der Waals surface area contributed by atoms with Crippen molar-refractivity contribution in [3.05, 3.63) is 65.7 Å². The molecule has 0 atom stereocenters. The summed E-state index contributed by atoms with van der Waals surface area (Å²) in [5.41, 5.74) is 2.04. The molecule has 1 aromatic heterocycles. The smallest absolute Gasteiger partial charge is 0.207 e. The van der Waals surface area contributed by atoms with E-state index in [1.165, 1.54) is 12.1 Å². The maximum absolute atomic E-state index is 14.8. The first-order chi connectivity index (χ1) is 11.1. The first-order valence-corrected chi connectivity index (χ1v) is 7.15. The first kappa shape index (κ1) is 13.8. The quantitative estimate of drug-likeness (QED) is 0.500. The van der Waals surface area contributed by atoms with E-state index in [0.717, 1.165) is 11.1 Å².